The number of aromatic nitrogens is 1. The first-order chi connectivity index (χ1) is 7.16. The third kappa shape index (κ3) is 2.07. The molecule has 0 radical (unpaired) electrons. The summed E-state index contributed by atoms with van der Waals surface area (Å²) >= 11 is 5.78. The van der Waals surface area contributed by atoms with Gasteiger partial charge in [-0.2, -0.15) is 0 Å². The Labute approximate surface area is 90.3 Å². The topological polar surface area (TPSA) is 32.9 Å². The standard InChI is InChI=1S/C11H7ClFNO/c12-8-3-1-2-7(4-8)10-5-9(13)6-14-11(10)15/h1-6H,(H,14,15). The zero-order valence-electron chi connectivity index (χ0n) is 7.63. The SMILES string of the molecule is O=c1[nH]cc(F)cc1-c1cccc(Cl)c1. The van der Waals surface area contributed by atoms with Crippen LogP contribution in [0.4, 0.5) is 4.39 Å². The summed E-state index contributed by atoms with van der Waals surface area (Å²) in [6, 6.07) is 7.91. The van der Waals surface area contributed by atoms with Crippen molar-refractivity contribution in [3.8, 4) is 11.1 Å². The van der Waals surface area contributed by atoms with Gasteiger partial charge in [-0.1, -0.05) is 23.7 Å². The van der Waals surface area contributed by atoms with Gasteiger partial charge in [-0.15, -0.1) is 0 Å². The Morgan fingerprint density at radius 2 is 2.07 bits per heavy atom. The molecule has 4 heteroatoms. The first kappa shape index (κ1) is 9.93. The van der Waals surface area contributed by atoms with Crippen LogP contribution < -0.4 is 5.56 Å². The van der Waals surface area contributed by atoms with Crippen LogP contribution in [0.5, 0.6) is 0 Å². The quantitative estimate of drug-likeness (QED) is 0.792. The van der Waals surface area contributed by atoms with Crippen LogP contribution in [0.25, 0.3) is 11.1 Å². The summed E-state index contributed by atoms with van der Waals surface area (Å²) in [7, 11) is 0. The third-order valence-corrected chi connectivity index (χ3v) is 2.24. The Kier molecular flexibility index (Phi) is 2.56. The van der Waals surface area contributed by atoms with Crippen molar-refractivity contribution in [1.82, 2.24) is 4.98 Å². The first-order valence-corrected chi connectivity index (χ1v) is 4.69. The molecule has 2 rings (SSSR count). The molecule has 1 heterocycles. The summed E-state index contributed by atoms with van der Waals surface area (Å²) in [6.07, 6.45) is 1.02. The van der Waals surface area contributed by atoms with E-state index in [1.165, 1.54) is 6.07 Å². The minimum absolute atomic E-state index is 0.275. The van der Waals surface area contributed by atoms with E-state index >= 15 is 0 Å². The number of hydrogen-bond acceptors (Lipinski definition) is 1. The normalized spacial score (nSPS) is 10.3. The molecule has 0 fully saturated rings. The van der Waals surface area contributed by atoms with Crippen molar-refractivity contribution < 1.29 is 4.39 Å². The van der Waals surface area contributed by atoms with E-state index in [9.17, 15) is 9.18 Å². The Bertz CT molecular complexity index is 550. The van der Waals surface area contributed by atoms with Gasteiger partial charge in [-0.25, -0.2) is 4.39 Å². The van der Waals surface area contributed by atoms with Gasteiger partial charge >= 0.3 is 0 Å². The number of pyridine rings is 1. The van der Waals surface area contributed by atoms with Crippen LogP contribution >= 0.6 is 11.6 Å². The van der Waals surface area contributed by atoms with E-state index in [2.05, 4.69) is 4.98 Å². The Hall–Kier alpha value is -1.61. The number of benzene rings is 1. The maximum absolute atomic E-state index is 12.9. The van der Waals surface area contributed by atoms with Gasteiger partial charge in [0.1, 0.15) is 5.82 Å². The fourth-order valence-electron chi connectivity index (χ4n) is 1.33. The molecule has 0 aliphatic heterocycles. The zero-order chi connectivity index (χ0) is 10.8. The van der Waals surface area contributed by atoms with Crippen molar-refractivity contribution in [2.75, 3.05) is 0 Å². The second-order valence-electron chi connectivity index (χ2n) is 3.07. The molecule has 1 aromatic heterocycles. The summed E-state index contributed by atoms with van der Waals surface area (Å²) in [6.45, 7) is 0. The van der Waals surface area contributed by atoms with Crippen molar-refractivity contribution in [3.05, 3.63) is 57.7 Å². The van der Waals surface area contributed by atoms with Gasteiger partial charge < -0.3 is 4.98 Å². The number of aromatic amines is 1. The van der Waals surface area contributed by atoms with Crippen LogP contribution in [0.15, 0.2) is 41.3 Å². The molecule has 0 aliphatic carbocycles. The summed E-state index contributed by atoms with van der Waals surface area (Å²) in [5.41, 5.74) is 0.541. The predicted octanol–water partition coefficient (Wildman–Crippen LogP) is 2.83. The minimum Gasteiger partial charge on any atom is -0.326 e. The van der Waals surface area contributed by atoms with E-state index in [1.54, 1.807) is 24.3 Å². The van der Waals surface area contributed by atoms with Gasteiger partial charge in [0, 0.05) is 16.8 Å². The highest BCUT2D eigenvalue weighted by atomic mass is 35.5. The Morgan fingerprint density at radius 3 is 2.80 bits per heavy atom. The first-order valence-electron chi connectivity index (χ1n) is 4.31. The van der Waals surface area contributed by atoms with Crippen molar-refractivity contribution in [3.63, 3.8) is 0 Å². The van der Waals surface area contributed by atoms with E-state index < -0.39 is 5.82 Å². The molecule has 0 spiro atoms. The lowest BCUT2D eigenvalue weighted by Gasteiger charge is -2.00. The van der Waals surface area contributed by atoms with Crippen molar-refractivity contribution in [2.24, 2.45) is 0 Å². The summed E-state index contributed by atoms with van der Waals surface area (Å²) < 4.78 is 12.9. The molecular weight excluding hydrogens is 217 g/mol. The second kappa shape index (κ2) is 3.87. The van der Waals surface area contributed by atoms with Crippen LogP contribution in [-0.2, 0) is 0 Å². The van der Waals surface area contributed by atoms with Crippen LogP contribution in [0.2, 0.25) is 5.02 Å². The maximum atomic E-state index is 12.9. The van der Waals surface area contributed by atoms with E-state index in [0.717, 1.165) is 6.20 Å². The van der Waals surface area contributed by atoms with Gasteiger partial charge in [0.25, 0.3) is 5.56 Å². The Balaban J connectivity index is 2.63. The highest BCUT2D eigenvalue weighted by Gasteiger charge is 2.04. The largest absolute Gasteiger partial charge is 0.326 e. The van der Waals surface area contributed by atoms with Gasteiger partial charge in [0.15, 0.2) is 0 Å². The van der Waals surface area contributed by atoms with Gasteiger partial charge in [0.05, 0.1) is 0 Å². The van der Waals surface area contributed by atoms with Gasteiger partial charge in [-0.05, 0) is 23.8 Å². The highest BCUT2D eigenvalue weighted by Crippen LogP contribution is 2.19. The van der Waals surface area contributed by atoms with Crippen LogP contribution in [0.3, 0.4) is 0 Å². The lowest BCUT2D eigenvalue weighted by Crippen LogP contribution is -2.08. The molecule has 1 aromatic carbocycles. The van der Waals surface area contributed by atoms with Crippen molar-refractivity contribution in [1.29, 1.82) is 0 Å². The summed E-state index contributed by atoms with van der Waals surface area (Å²) in [5, 5.41) is 0.510. The molecule has 0 amide bonds. The van der Waals surface area contributed by atoms with Crippen LogP contribution in [0, 0.1) is 5.82 Å². The molecule has 0 aliphatic rings. The summed E-state index contributed by atoms with van der Waals surface area (Å²) in [5.74, 6) is -0.482. The molecule has 0 unspecified atom stereocenters. The maximum Gasteiger partial charge on any atom is 0.256 e. The predicted molar refractivity (Wildman–Crippen MR) is 57.5 cm³/mol. The third-order valence-electron chi connectivity index (χ3n) is 2.00. The van der Waals surface area contributed by atoms with Crippen LogP contribution in [-0.4, -0.2) is 4.98 Å². The molecule has 15 heavy (non-hydrogen) atoms. The number of rotatable bonds is 1. The van der Waals surface area contributed by atoms with Gasteiger partial charge in [-0.3, -0.25) is 4.79 Å². The van der Waals surface area contributed by atoms with E-state index in [4.69, 9.17) is 11.6 Å². The molecule has 0 atom stereocenters. The number of nitrogens with one attached hydrogen (secondary N) is 1. The zero-order valence-corrected chi connectivity index (χ0v) is 8.38. The van der Waals surface area contributed by atoms with Crippen molar-refractivity contribution in [2.45, 2.75) is 0 Å². The second-order valence-corrected chi connectivity index (χ2v) is 3.51. The van der Waals surface area contributed by atoms with Crippen LogP contribution in [0.1, 0.15) is 0 Å². The lowest BCUT2D eigenvalue weighted by molar-refractivity contribution is 0.621. The molecule has 0 saturated heterocycles. The molecular formula is C11H7ClFNO. The molecule has 1 N–H and O–H groups in total. The molecule has 76 valence electrons. The van der Waals surface area contributed by atoms with E-state index in [1.807, 2.05) is 0 Å². The number of halogens is 2. The monoisotopic (exact) mass is 223 g/mol. The number of H-pyrrole nitrogens is 1. The molecule has 0 saturated carbocycles. The fraction of sp³-hybridized carbons (Fsp3) is 0. The molecule has 2 aromatic rings. The van der Waals surface area contributed by atoms with Crippen molar-refractivity contribution >= 4 is 11.6 Å². The smallest absolute Gasteiger partial charge is 0.256 e. The van der Waals surface area contributed by atoms with E-state index in [-0.39, 0.29) is 11.1 Å². The minimum atomic E-state index is -0.482. The molecule has 2 nitrogen and oxygen atoms in total. The van der Waals surface area contributed by atoms with Gasteiger partial charge in [0.2, 0.25) is 0 Å². The van der Waals surface area contributed by atoms with E-state index in [0.29, 0.717) is 10.6 Å². The fourth-order valence-corrected chi connectivity index (χ4v) is 1.52. The summed E-state index contributed by atoms with van der Waals surface area (Å²) in [4.78, 5) is 13.7. The molecule has 0 bridgehead atoms. The number of hydrogen-bond donors (Lipinski definition) is 1. The average Bonchev–Trinajstić information content (AvgIpc) is 2.22. The average molecular weight is 224 g/mol. The lowest BCUT2D eigenvalue weighted by atomic mass is 10.1. The Morgan fingerprint density at radius 1 is 1.27 bits per heavy atom. The highest BCUT2D eigenvalue weighted by molar-refractivity contribution is 6.30.